The van der Waals surface area contributed by atoms with Crippen LogP contribution in [0.2, 0.25) is 0 Å². The molecule has 33 heavy (non-hydrogen) atoms. The molecule has 0 aliphatic rings. The summed E-state index contributed by atoms with van der Waals surface area (Å²) < 4.78 is 29.7. The van der Waals surface area contributed by atoms with Crippen LogP contribution in [0.5, 0.6) is 0 Å². The summed E-state index contributed by atoms with van der Waals surface area (Å²) in [6.45, 7) is 3.46. The summed E-state index contributed by atoms with van der Waals surface area (Å²) in [6.07, 6.45) is 5.25. The van der Waals surface area contributed by atoms with Crippen LogP contribution in [0.15, 0.2) is 84.1 Å². The average molecular weight is 445 g/mol. The number of para-hydroxylation sites is 1. The van der Waals surface area contributed by atoms with E-state index in [0.717, 1.165) is 23.6 Å². The van der Waals surface area contributed by atoms with Crippen LogP contribution >= 0.6 is 0 Å². The Morgan fingerprint density at radius 3 is 2.39 bits per heavy atom. The molecule has 0 atom stereocenters. The number of halogens is 2. The maximum Gasteiger partial charge on any atom is 0.209 e. The third-order valence-corrected chi connectivity index (χ3v) is 4.94. The van der Waals surface area contributed by atoms with Crippen molar-refractivity contribution < 1.29 is 8.78 Å². The Balaban J connectivity index is 1.74. The van der Waals surface area contributed by atoms with Gasteiger partial charge in [0, 0.05) is 41.7 Å². The molecule has 8 heteroatoms. The molecule has 6 nitrogen and oxygen atoms in total. The number of rotatable bonds is 6. The van der Waals surface area contributed by atoms with Gasteiger partial charge in [-0.1, -0.05) is 18.2 Å². The molecule has 0 amide bonds. The summed E-state index contributed by atoms with van der Waals surface area (Å²) >= 11 is 0. The van der Waals surface area contributed by atoms with Crippen LogP contribution in [0.25, 0.3) is 17.1 Å². The van der Waals surface area contributed by atoms with Gasteiger partial charge in [-0.15, -0.1) is 0 Å². The van der Waals surface area contributed by atoms with E-state index in [4.69, 9.17) is 5.41 Å². The van der Waals surface area contributed by atoms with E-state index >= 15 is 0 Å². The zero-order valence-corrected chi connectivity index (χ0v) is 18.0. The first-order valence-corrected chi connectivity index (χ1v) is 10.2. The molecular weight excluding hydrogens is 424 g/mol. The Morgan fingerprint density at radius 1 is 1.06 bits per heavy atom. The number of hydrogen-bond donors (Lipinski definition) is 2. The van der Waals surface area contributed by atoms with Crippen molar-refractivity contribution in [3.8, 4) is 11.4 Å². The zero-order chi connectivity index (χ0) is 23.5. The van der Waals surface area contributed by atoms with E-state index < -0.39 is 11.6 Å². The molecule has 0 aliphatic heterocycles. The second-order valence-electron chi connectivity index (χ2n) is 7.54. The second kappa shape index (κ2) is 9.04. The molecule has 0 spiro atoms. The topological polar surface area (TPSA) is 75.7 Å². The minimum atomic E-state index is -0.921. The molecule has 2 heterocycles. The Hall–Kier alpha value is -4.33. The molecule has 0 fully saturated rings. The summed E-state index contributed by atoms with van der Waals surface area (Å²) in [7, 11) is 0. The van der Waals surface area contributed by atoms with E-state index in [1.54, 1.807) is 42.1 Å². The van der Waals surface area contributed by atoms with Gasteiger partial charge in [0.15, 0.2) is 17.3 Å². The third-order valence-electron chi connectivity index (χ3n) is 4.94. The standard InChI is InChI=1S/C25H21F2N5O/c1-16-12-19(31-14-20(26)21(27)15-31)8-9-23(16)32-11-10-24(33)25(30-32)22(13-17(2)28)29-18-6-4-3-5-7-18/h3-15,28-29H,1-2H3/b22-13-,28-17?. The third kappa shape index (κ3) is 4.79. The van der Waals surface area contributed by atoms with E-state index in [-0.39, 0.29) is 16.8 Å². The van der Waals surface area contributed by atoms with Crippen molar-refractivity contribution in [1.82, 2.24) is 14.3 Å². The van der Waals surface area contributed by atoms with Crippen molar-refractivity contribution in [3.63, 3.8) is 0 Å². The summed E-state index contributed by atoms with van der Waals surface area (Å²) in [5, 5.41) is 15.6. The number of allylic oxidation sites excluding steroid dienone is 1. The molecule has 4 rings (SSSR count). The first-order valence-electron chi connectivity index (χ1n) is 10.2. The van der Waals surface area contributed by atoms with E-state index in [9.17, 15) is 13.6 Å². The average Bonchev–Trinajstić information content (AvgIpc) is 3.12. The Kier molecular flexibility index (Phi) is 5.99. The van der Waals surface area contributed by atoms with Crippen LogP contribution < -0.4 is 10.7 Å². The van der Waals surface area contributed by atoms with E-state index in [2.05, 4.69) is 10.4 Å². The molecule has 0 saturated carbocycles. The van der Waals surface area contributed by atoms with Crippen molar-refractivity contribution >= 4 is 17.1 Å². The summed E-state index contributed by atoms with van der Waals surface area (Å²) in [5.74, 6) is -1.84. The van der Waals surface area contributed by atoms with Gasteiger partial charge < -0.3 is 15.3 Å². The number of anilines is 1. The van der Waals surface area contributed by atoms with Gasteiger partial charge in [0.05, 0.1) is 11.4 Å². The lowest BCUT2D eigenvalue weighted by molar-refractivity contribution is 0.516. The molecule has 2 aromatic carbocycles. The molecule has 166 valence electrons. The molecule has 2 aromatic heterocycles. The van der Waals surface area contributed by atoms with Crippen LogP contribution in [0.1, 0.15) is 18.2 Å². The van der Waals surface area contributed by atoms with Crippen LogP contribution in [-0.2, 0) is 0 Å². The van der Waals surface area contributed by atoms with Crippen molar-refractivity contribution in [3.05, 3.63) is 112 Å². The number of nitrogens with one attached hydrogen (secondary N) is 2. The fourth-order valence-corrected chi connectivity index (χ4v) is 3.40. The Morgan fingerprint density at radius 2 is 1.76 bits per heavy atom. The fraction of sp³-hybridized carbons (Fsp3) is 0.0800. The highest BCUT2D eigenvalue weighted by molar-refractivity contribution is 5.98. The van der Waals surface area contributed by atoms with Crippen LogP contribution in [0.4, 0.5) is 14.5 Å². The van der Waals surface area contributed by atoms with Gasteiger partial charge in [0.25, 0.3) is 0 Å². The smallest absolute Gasteiger partial charge is 0.209 e. The molecule has 0 unspecified atom stereocenters. The molecule has 0 aliphatic carbocycles. The van der Waals surface area contributed by atoms with Crippen molar-refractivity contribution in [2.45, 2.75) is 13.8 Å². The predicted molar refractivity (Wildman–Crippen MR) is 125 cm³/mol. The second-order valence-corrected chi connectivity index (χ2v) is 7.54. The van der Waals surface area contributed by atoms with Gasteiger partial charge in [-0.25, -0.2) is 13.5 Å². The lowest BCUT2D eigenvalue weighted by Gasteiger charge is -2.14. The minimum absolute atomic E-state index is 0.158. The first kappa shape index (κ1) is 21.9. The van der Waals surface area contributed by atoms with Crippen molar-refractivity contribution in [1.29, 1.82) is 5.41 Å². The number of benzene rings is 2. The van der Waals surface area contributed by atoms with Crippen molar-refractivity contribution in [2.24, 2.45) is 0 Å². The van der Waals surface area contributed by atoms with Crippen LogP contribution in [0.3, 0.4) is 0 Å². The highest BCUT2D eigenvalue weighted by atomic mass is 19.2. The molecule has 0 bridgehead atoms. The van der Waals surface area contributed by atoms with Gasteiger partial charge in [0.1, 0.15) is 0 Å². The Labute approximate surface area is 189 Å². The van der Waals surface area contributed by atoms with Gasteiger partial charge in [-0.2, -0.15) is 5.10 Å². The minimum Gasteiger partial charge on any atom is -0.354 e. The maximum atomic E-state index is 13.4. The van der Waals surface area contributed by atoms with E-state index in [0.29, 0.717) is 17.1 Å². The zero-order valence-electron chi connectivity index (χ0n) is 18.0. The van der Waals surface area contributed by atoms with E-state index in [1.165, 1.54) is 10.6 Å². The quantitative estimate of drug-likeness (QED) is 0.406. The predicted octanol–water partition coefficient (Wildman–Crippen LogP) is 5.10. The number of aromatic nitrogens is 3. The number of hydrogen-bond acceptors (Lipinski definition) is 4. The number of aryl methyl sites for hydroxylation is 1. The normalized spacial score (nSPS) is 11.5. The molecular formula is C25H21F2N5O. The number of nitrogens with zero attached hydrogens (tertiary/aromatic N) is 3. The fourth-order valence-electron chi connectivity index (χ4n) is 3.40. The van der Waals surface area contributed by atoms with Gasteiger partial charge in [-0.3, -0.25) is 4.79 Å². The highest BCUT2D eigenvalue weighted by Crippen LogP contribution is 2.21. The summed E-state index contributed by atoms with van der Waals surface area (Å²) in [6, 6.07) is 16.0. The molecule has 0 radical (unpaired) electrons. The lowest BCUT2D eigenvalue weighted by Crippen LogP contribution is -2.19. The molecule has 4 aromatic rings. The first-order chi connectivity index (χ1) is 15.8. The molecule has 2 N–H and O–H groups in total. The van der Waals surface area contributed by atoms with Crippen LogP contribution in [0, 0.1) is 24.0 Å². The molecule has 0 saturated heterocycles. The SMILES string of the molecule is CC(=N)/C=C(\Nc1ccccc1)c1nn(-c2ccc(-n3cc(F)c(F)c3)cc2C)ccc1=O. The van der Waals surface area contributed by atoms with E-state index in [1.807, 2.05) is 37.3 Å². The summed E-state index contributed by atoms with van der Waals surface area (Å²) in [5.41, 5.74) is 3.35. The largest absolute Gasteiger partial charge is 0.354 e. The van der Waals surface area contributed by atoms with Crippen LogP contribution in [-0.4, -0.2) is 20.1 Å². The van der Waals surface area contributed by atoms with Gasteiger partial charge in [0.2, 0.25) is 5.43 Å². The monoisotopic (exact) mass is 445 g/mol. The van der Waals surface area contributed by atoms with Gasteiger partial charge >= 0.3 is 0 Å². The Bertz CT molecular complexity index is 1400. The van der Waals surface area contributed by atoms with Gasteiger partial charge in [-0.05, 0) is 55.8 Å². The lowest BCUT2D eigenvalue weighted by atomic mass is 10.1. The summed E-state index contributed by atoms with van der Waals surface area (Å²) in [4.78, 5) is 12.7. The maximum absolute atomic E-state index is 13.4. The highest BCUT2D eigenvalue weighted by Gasteiger charge is 2.13. The van der Waals surface area contributed by atoms with Crippen molar-refractivity contribution in [2.75, 3.05) is 5.32 Å².